The van der Waals surface area contributed by atoms with E-state index in [9.17, 15) is 9.90 Å². The number of nitrogens with zero attached hydrogens (tertiary/aromatic N) is 1. The van der Waals surface area contributed by atoms with Gasteiger partial charge in [0.05, 0.1) is 18.1 Å². The van der Waals surface area contributed by atoms with Crippen LogP contribution in [0.2, 0.25) is 0 Å². The second-order valence-corrected chi connectivity index (χ2v) is 5.51. The third-order valence-corrected chi connectivity index (χ3v) is 3.35. The molecule has 0 saturated carbocycles. The van der Waals surface area contributed by atoms with Crippen molar-refractivity contribution in [1.29, 1.82) is 0 Å². The Balaban J connectivity index is 2.64. The van der Waals surface area contributed by atoms with Crippen LogP contribution in [0.3, 0.4) is 0 Å². The number of phenols is 1. The Morgan fingerprint density at radius 3 is 2.80 bits per heavy atom. The van der Waals surface area contributed by atoms with Crippen LogP contribution in [0.15, 0.2) is 16.6 Å². The lowest BCUT2D eigenvalue weighted by atomic mass is 10.2. The number of rotatable bonds is 7. The average Bonchev–Trinajstić information content (AvgIpc) is 2.40. The highest BCUT2D eigenvalue weighted by Gasteiger charge is 2.11. The standard InChI is InChI=1S/C14H21BrN2O3/c1-4-5-16-13(18)9-17(2)8-10-6-11(15)14(19)12(7-10)20-3/h6-7,19H,4-5,8-9H2,1-3H3,(H,16,18). The summed E-state index contributed by atoms with van der Waals surface area (Å²) in [6.07, 6.45) is 0.928. The molecule has 1 amide bonds. The molecule has 0 fully saturated rings. The molecule has 0 spiro atoms. The minimum Gasteiger partial charge on any atom is -0.503 e. The molecule has 112 valence electrons. The average molecular weight is 345 g/mol. The fraction of sp³-hybridized carbons (Fsp3) is 0.500. The number of benzene rings is 1. The van der Waals surface area contributed by atoms with E-state index < -0.39 is 0 Å². The number of amides is 1. The number of hydrogen-bond acceptors (Lipinski definition) is 4. The van der Waals surface area contributed by atoms with Crippen molar-refractivity contribution >= 4 is 21.8 Å². The Kier molecular flexibility index (Phi) is 6.81. The molecule has 6 heteroatoms. The Morgan fingerprint density at radius 2 is 2.20 bits per heavy atom. The summed E-state index contributed by atoms with van der Waals surface area (Å²) in [6, 6.07) is 3.58. The van der Waals surface area contributed by atoms with Crippen molar-refractivity contribution in [1.82, 2.24) is 10.2 Å². The molecule has 0 bridgehead atoms. The number of ether oxygens (including phenoxy) is 1. The molecular formula is C14H21BrN2O3. The molecule has 0 aliphatic heterocycles. The summed E-state index contributed by atoms with van der Waals surface area (Å²) in [7, 11) is 3.38. The van der Waals surface area contributed by atoms with E-state index in [1.807, 2.05) is 24.9 Å². The van der Waals surface area contributed by atoms with Crippen LogP contribution in [0.1, 0.15) is 18.9 Å². The summed E-state index contributed by atoms with van der Waals surface area (Å²) < 4.78 is 5.68. The Morgan fingerprint density at radius 1 is 1.50 bits per heavy atom. The monoisotopic (exact) mass is 344 g/mol. The fourth-order valence-electron chi connectivity index (χ4n) is 1.81. The molecule has 1 rings (SSSR count). The normalized spacial score (nSPS) is 10.7. The molecule has 20 heavy (non-hydrogen) atoms. The zero-order chi connectivity index (χ0) is 15.1. The van der Waals surface area contributed by atoms with Crippen molar-refractivity contribution in [2.45, 2.75) is 19.9 Å². The number of phenolic OH excluding ortho intramolecular Hbond substituents is 1. The van der Waals surface area contributed by atoms with Gasteiger partial charge in [0.2, 0.25) is 5.91 Å². The van der Waals surface area contributed by atoms with E-state index in [4.69, 9.17) is 4.74 Å². The van der Waals surface area contributed by atoms with E-state index in [0.29, 0.717) is 29.9 Å². The number of methoxy groups -OCH3 is 1. The first kappa shape index (κ1) is 16.8. The molecule has 0 aromatic heterocycles. The maximum absolute atomic E-state index is 11.6. The highest BCUT2D eigenvalue weighted by molar-refractivity contribution is 9.10. The van der Waals surface area contributed by atoms with E-state index in [-0.39, 0.29) is 11.7 Å². The van der Waals surface area contributed by atoms with Gasteiger partial charge in [-0.05, 0) is 47.1 Å². The molecule has 0 atom stereocenters. The maximum Gasteiger partial charge on any atom is 0.234 e. The van der Waals surface area contributed by atoms with Crippen LogP contribution in [0.25, 0.3) is 0 Å². The van der Waals surface area contributed by atoms with Gasteiger partial charge in [-0.3, -0.25) is 9.69 Å². The molecular weight excluding hydrogens is 324 g/mol. The lowest BCUT2D eigenvalue weighted by molar-refractivity contribution is -0.122. The second-order valence-electron chi connectivity index (χ2n) is 4.65. The minimum atomic E-state index is 0.0131. The van der Waals surface area contributed by atoms with E-state index in [2.05, 4.69) is 21.2 Å². The van der Waals surface area contributed by atoms with Crippen molar-refractivity contribution in [2.24, 2.45) is 0 Å². The predicted molar refractivity (Wildman–Crippen MR) is 82.0 cm³/mol. The second kappa shape index (κ2) is 8.11. The Bertz CT molecular complexity index is 466. The lowest BCUT2D eigenvalue weighted by Gasteiger charge is -2.17. The topological polar surface area (TPSA) is 61.8 Å². The molecule has 2 N–H and O–H groups in total. The molecule has 0 unspecified atom stereocenters. The van der Waals surface area contributed by atoms with E-state index in [1.165, 1.54) is 7.11 Å². The molecule has 0 aliphatic rings. The number of carbonyl (C=O) groups is 1. The van der Waals surface area contributed by atoms with Gasteiger partial charge < -0.3 is 15.2 Å². The predicted octanol–water partition coefficient (Wildman–Crippen LogP) is 2.12. The van der Waals surface area contributed by atoms with Crippen LogP contribution in [-0.2, 0) is 11.3 Å². The quantitative estimate of drug-likeness (QED) is 0.795. The van der Waals surface area contributed by atoms with Gasteiger partial charge in [-0.15, -0.1) is 0 Å². The fourth-order valence-corrected chi connectivity index (χ4v) is 2.30. The molecule has 1 aromatic carbocycles. The molecule has 1 aromatic rings. The molecule has 0 aliphatic carbocycles. The summed E-state index contributed by atoms with van der Waals surface area (Å²) in [5.41, 5.74) is 0.956. The highest BCUT2D eigenvalue weighted by atomic mass is 79.9. The van der Waals surface area contributed by atoms with E-state index >= 15 is 0 Å². The number of halogens is 1. The summed E-state index contributed by atoms with van der Waals surface area (Å²) >= 11 is 3.28. The first-order chi connectivity index (χ1) is 9.47. The van der Waals surface area contributed by atoms with Crippen LogP contribution < -0.4 is 10.1 Å². The highest BCUT2D eigenvalue weighted by Crippen LogP contribution is 2.35. The van der Waals surface area contributed by atoms with Crippen LogP contribution in [-0.4, -0.2) is 43.2 Å². The SMILES string of the molecule is CCCNC(=O)CN(C)Cc1cc(Br)c(O)c(OC)c1. The van der Waals surface area contributed by atoms with Gasteiger partial charge in [0.1, 0.15) is 0 Å². The Hall–Kier alpha value is -1.27. The van der Waals surface area contributed by atoms with E-state index in [0.717, 1.165) is 12.0 Å². The van der Waals surface area contributed by atoms with Gasteiger partial charge in [0.25, 0.3) is 0 Å². The Labute approximate surface area is 128 Å². The number of aromatic hydroxyl groups is 1. The third-order valence-electron chi connectivity index (χ3n) is 2.75. The van der Waals surface area contributed by atoms with Gasteiger partial charge in [-0.2, -0.15) is 0 Å². The number of carbonyl (C=O) groups excluding carboxylic acids is 1. The van der Waals surface area contributed by atoms with E-state index in [1.54, 1.807) is 6.07 Å². The zero-order valence-corrected chi connectivity index (χ0v) is 13.7. The maximum atomic E-state index is 11.6. The first-order valence-corrected chi connectivity index (χ1v) is 7.27. The molecule has 0 radical (unpaired) electrons. The van der Waals surface area contributed by atoms with Crippen LogP contribution in [0.5, 0.6) is 11.5 Å². The first-order valence-electron chi connectivity index (χ1n) is 6.48. The minimum absolute atomic E-state index is 0.0131. The summed E-state index contributed by atoms with van der Waals surface area (Å²) in [5.74, 6) is 0.511. The van der Waals surface area contributed by atoms with Gasteiger partial charge in [0, 0.05) is 13.1 Å². The van der Waals surface area contributed by atoms with Crippen molar-refractivity contribution in [3.63, 3.8) is 0 Å². The van der Waals surface area contributed by atoms with Crippen molar-refractivity contribution in [2.75, 3.05) is 27.2 Å². The molecule has 0 saturated heterocycles. The summed E-state index contributed by atoms with van der Waals surface area (Å²) in [4.78, 5) is 13.5. The number of nitrogens with one attached hydrogen (secondary N) is 1. The molecule has 0 heterocycles. The third kappa shape index (κ3) is 5.02. The van der Waals surface area contributed by atoms with Crippen LogP contribution >= 0.6 is 15.9 Å². The van der Waals surface area contributed by atoms with Crippen LogP contribution in [0, 0.1) is 0 Å². The van der Waals surface area contributed by atoms with Gasteiger partial charge in [-0.1, -0.05) is 6.92 Å². The lowest BCUT2D eigenvalue weighted by Crippen LogP contribution is -2.35. The smallest absolute Gasteiger partial charge is 0.234 e. The van der Waals surface area contributed by atoms with Gasteiger partial charge in [-0.25, -0.2) is 0 Å². The number of hydrogen-bond donors (Lipinski definition) is 2. The van der Waals surface area contributed by atoms with Crippen LogP contribution in [0.4, 0.5) is 0 Å². The van der Waals surface area contributed by atoms with Crippen molar-refractivity contribution < 1.29 is 14.6 Å². The number of likely N-dealkylation sites (N-methyl/N-ethyl adjacent to an activating group) is 1. The zero-order valence-electron chi connectivity index (χ0n) is 12.1. The van der Waals surface area contributed by atoms with Gasteiger partial charge in [0.15, 0.2) is 11.5 Å². The van der Waals surface area contributed by atoms with Crippen molar-refractivity contribution in [3.05, 3.63) is 22.2 Å². The van der Waals surface area contributed by atoms with Gasteiger partial charge >= 0.3 is 0 Å². The molecule has 5 nitrogen and oxygen atoms in total. The van der Waals surface area contributed by atoms with Crippen molar-refractivity contribution in [3.8, 4) is 11.5 Å². The largest absolute Gasteiger partial charge is 0.503 e. The summed E-state index contributed by atoms with van der Waals surface area (Å²) in [5, 5.41) is 12.6. The summed E-state index contributed by atoms with van der Waals surface area (Å²) in [6.45, 7) is 3.64.